The van der Waals surface area contributed by atoms with E-state index in [0.717, 1.165) is 11.3 Å². The van der Waals surface area contributed by atoms with Crippen molar-refractivity contribution in [2.24, 2.45) is 0 Å². The standard InChI is InChI=1S/C14H16N4O/c1-16-14(19)11-2-3-13(12(15)8-11)18-9-10-4-6-17-7-5-10/h2-8,18H,9,15H2,1H3,(H,16,19). The Bertz CT molecular complexity index is 569. The highest BCUT2D eigenvalue weighted by Crippen LogP contribution is 2.20. The van der Waals surface area contributed by atoms with Gasteiger partial charge in [-0.15, -0.1) is 0 Å². The zero-order valence-electron chi connectivity index (χ0n) is 10.7. The average molecular weight is 256 g/mol. The number of amides is 1. The molecule has 0 fully saturated rings. The van der Waals surface area contributed by atoms with Crippen LogP contribution in [0.1, 0.15) is 15.9 Å². The van der Waals surface area contributed by atoms with Crippen molar-refractivity contribution in [3.63, 3.8) is 0 Å². The molecule has 1 heterocycles. The van der Waals surface area contributed by atoms with E-state index < -0.39 is 0 Å². The first-order chi connectivity index (χ1) is 9.20. The van der Waals surface area contributed by atoms with E-state index in [1.165, 1.54) is 0 Å². The van der Waals surface area contributed by atoms with Crippen molar-refractivity contribution in [2.45, 2.75) is 6.54 Å². The summed E-state index contributed by atoms with van der Waals surface area (Å²) < 4.78 is 0. The van der Waals surface area contributed by atoms with Gasteiger partial charge in [0.2, 0.25) is 0 Å². The van der Waals surface area contributed by atoms with E-state index in [0.29, 0.717) is 17.8 Å². The molecule has 5 nitrogen and oxygen atoms in total. The second-order valence-corrected chi connectivity index (χ2v) is 4.09. The number of hydrogen-bond donors (Lipinski definition) is 3. The number of pyridine rings is 1. The third-order valence-corrected chi connectivity index (χ3v) is 2.77. The minimum absolute atomic E-state index is 0.146. The van der Waals surface area contributed by atoms with Gasteiger partial charge < -0.3 is 16.4 Å². The van der Waals surface area contributed by atoms with Crippen molar-refractivity contribution in [2.75, 3.05) is 18.1 Å². The van der Waals surface area contributed by atoms with E-state index in [4.69, 9.17) is 5.73 Å². The first-order valence-corrected chi connectivity index (χ1v) is 5.95. The van der Waals surface area contributed by atoms with Crippen LogP contribution < -0.4 is 16.4 Å². The van der Waals surface area contributed by atoms with Gasteiger partial charge in [-0.2, -0.15) is 0 Å². The third-order valence-electron chi connectivity index (χ3n) is 2.77. The fraction of sp³-hybridized carbons (Fsp3) is 0.143. The number of carbonyl (C=O) groups excluding carboxylic acids is 1. The second-order valence-electron chi connectivity index (χ2n) is 4.09. The fourth-order valence-electron chi connectivity index (χ4n) is 1.71. The summed E-state index contributed by atoms with van der Waals surface area (Å²) in [5.74, 6) is -0.146. The number of hydrogen-bond acceptors (Lipinski definition) is 4. The van der Waals surface area contributed by atoms with Gasteiger partial charge in [0, 0.05) is 31.5 Å². The highest BCUT2D eigenvalue weighted by molar-refractivity contribution is 5.95. The van der Waals surface area contributed by atoms with Gasteiger partial charge in [-0.05, 0) is 35.9 Å². The van der Waals surface area contributed by atoms with Crippen molar-refractivity contribution < 1.29 is 4.79 Å². The molecule has 5 heteroatoms. The first-order valence-electron chi connectivity index (χ1n) is 5.95. The Morgan fingerprint density at radius 1 is 1.26 bits per heavy atom. The Morgan fingerprint density at radius 3 is 2.63 bits per heavy atom. The van der Waals surface area contributed by atoms with Gasteiger partial charge in [-0.1, -0.05) is 0 Å². The van der Waals surface area contributed by atoms with E-state index in [9.17, 15) is 4.79 Å². The predicted octanol–water partition coefficient (Wildman–Crippen LogP) is 1.64. The highest BCUT2D eigenvalue weighted by Gasteiger charge is 2.06. The maximum atomic E-state index is 11.5. The van der Waals surface area contributed by atoms with Crippen LogP contribution in [0.2, 0.25) is 0 Å². The van der Waals surface area contributed by atoms with Crippen LogP contribution in [0.5, 0.6) is 0 Å². The van der Waals surface area contributed by atoms with Crippen LogP contribution in [0.3, 0.4) is 0 Å². The Kier molecular flexibility index (Phi) is 3.97. The molecule has 0 radical (unpaired) electrons. The molecule has 98 valence electrons. The van der Waals surface area contributed by atoms with Crippen LogP contribution in [-0.2, 0) is 6.54 Å². The number of rotatable bonds is 4. The van der Waals surface area contributed by atoms with Crippen molar-refractivity contribution in [3.05, 3.63) is 53.9 Å². The van der Waals surface area contributed by atoms with Gasteiger partial charge in [0.25, 0.3) is 5.91 Å². The summed E-state index contributed by atoms with van der Waals surface area (Å²) >= 11 is 0. The lowest BCUT2D eigenvalue weighted by Gasteiger charge is -2.10. The molecule has 0 unspecified atom stereocenters. The van der Waals surface area contributed by atoms with Crippen LogP contribution in [0.15, 0.2) is 42.7 Å². The Morgan fingerprint density at radius 2 is 2.00 bits per heavy atom. The fourth-order valence-corrected chi connectivity index (χ4v) is 1.71. The highest BCUT2D eigenvalue weighted by atomic mass is 16.1. The molecule has 0 saturated carbocycles. The van der Waals surface area contributed by atoms with Crippen molar-refractivity contribution in [3.8, 4) is 0 Å². The number of nitrogens with two attached hydrogens (primary N) is 1. The van der Waals surface area contributed by atoms with Gasteiger partial charge in [-0.25, -0.2) is 0 Å². The predicted molar refractivity (Wildman–Crippen MR) is 75.8 cm³/mol. The molecule has 19 heavy (non-hydrogen) atoms. The second kappa shape index (κ2) is 5.86. The lowest BCUT2D eigenvalue weighted by molar-refractivity contribution is 0.0963. The molecule has 0 aliphatic heterocycles. The van der Waals surface area contributed by atoms with E-state index in [1.807, 2.05) is 12.1 Å². The van der Waals surface area contributed by atoms with E-state index in [1.54, 1.807) is 37.6 Å². The van der Waals surface area contributed by atoms with Crippen LogP contribution in [0, 0.1) is 0 Å². The molecule has 0 aliphatic carbocycles. The van der Waals surface area contributed by atoms with E-state index in [2.05, 4.69) is 15.6 Å². The van der Waals surface area contributed by atoms with Crippen molar-refractivity contribution in [1.29, 1.82) is 0 Å². The number of nitrogens with zero attached hydrogens (tertiary/aromatic N) is 1. The molecule has 0 spiro atoms. The van der Waals surface area contributed by atoms with Gasteiger partial charge >= 0.3 is 0 Å². The maximum Gasteiger partial charge on any atom is 0.251 e. The van der Waals surface area contributed by atoms with Gasteiger partial charge in [0.1, 0.15) is 0 Å². The largest absolute Gasteiger partial charge is 0.397 e. The summed E-state index contributed by atoms with van der Waals surface area (Å²) in [6, 6.07) is 9.07. The molecule has 0 bridgehead atoms. The zero-order valence-corrected chi connectivity index (χ0v) is 10.7. The van der Waals surface area contributed by atoms with E-state index >= 15 is 0 Å². The van der Waals surface area contributed by atoms with E-state index in [-0.39, 0.29) is 5.91 Å². The number of aromatic nitrogens is 1. The maximum absolute atomic E-state index is 11.5. The molecule has 2 rings (SSSR count). The Labute approximate surface area is 111 Å². The molecular weight excluding hydrogens is 240 g/mol. The van der Waals surface area contributed by atoms with Gasteiger partial charge in [-0.3, -0.25) is 9.78 Å². The lowest BCUT2D eigenvalue weighted by Crippen LogP contribution is -2.18. The molecule has 0 atom stereocenters. The number of benzene rings is 1. The monoisotopic (exact) mass is 256 g/mol. The SMILES string of the molecule is CNC(=O)c1ccc(NCc2ccncc2)c(N)c1. The van der Waals surface area contributed by atoms with Crippen molar-refractivity contribution >= 4 is 17.3 Å². The number of nitrogens with one attached hydrogen (secondary N) is 2. The van der Waals surface area contributed by atoms with Gasteiger partial charge in [0.05, 0.1) is 11.4 Å². The summed E-state index contributed by atoms with van der Waals surface area (Å²) in [5, 5.41) is 5.79. The number of nitrogen functional groups attached to an aromatic ring is 1. The van der Waals surface area contributed by atoms with Gasteiger partial charge in [0.15, 0.2) is 0 Å². The summed E-state index contributed by atoms with van der Waals surface area (Å²) in [5.41, 5.74) is 8.95. The quantitative estimate of drug-likeness (QED) is 0.726. The molecule has 1 aromatic carbocycles. The smallest absolute Gasteiger partial charge is 0.251 e. The zero-order chi connectivity index (χ0) is 13.7. The summed E-state index contributed by atoms with van der Waals surface area (Å²) in [7, 11) is 1.59. The first kappa shape index (κ1) is 12.9. The molecular formula is C14H16N4O. The minimum Gasteiger partial charge on any atom is -0.397 e. The average Bonchev–Trinajstić information content (AvgIpc) is 2.46. The van der Waals surface area contributed by atoms with Crippen LogP contribution in [-0.4, -0.2) is 17.9 Å². The molecule has 2 aromatic rings. The molecule has 4 N–H and O–H groups in total. The Hall–Kier alpha value is -2.56. The third kappa shape index (κ3) is 3.22. The van der Waals surface area contributed by atoms with Crippen LogP contribution >= 0.6 is 0 Å². The molecule has 1 aromatic heterocycles. The normalized spacial score (nSPS) is 9.95. The Balaban J connectivity index is 2.07. The summed E-state index contributed by atoms with van der Waals surface area (Å²) in [6.45, 7) is 0.659. The lowest BCUT2D eigenvalue weighted by atomic mass is 10.1. The summed E-state index contributed by atoms with van der Waals surface area (Å²) in [4.78, 5) is 15.4. The minimum atomic E-state index is -0.146. The summed E-state index contributed by atoms with van der Waals surface area (Å²) in [6.07, 6.45) is 3.49. The molecule has 1 amide bonds. The van der Waals surface area contributed by atoms with Crippen molar-refractivity contribution in [1.82, 2.24) is 10.3 Å². The number of carbonyl (C=O) groups is 1. The van der Waals surface area contributed by atoms with Crippen LogP contribution in [0.4, 0.5) is 11.4 Å². The molecule has 0 aliphatic rings. The topological polar surface area (TPSA) is 80.0 Å². The van der Waals surface area contributed by atoms with Crippen LogP contribution in [0.25, 0.3) is 0 Å². The number of anilines is 2. The molecule has 0 saturated heterocycles.